The molecule has 1 rings (SSSR count). The minimum atomic E-state index is -1.13. The minimum Gasteiger partial charge on any atom is -0.480 e. The Kier molecular flexibility index (Phi) is 4.43. The average molecular weight is 263 g/mol. The Morgan fingerprint density at radius 3 is 2.11 bits per heavy atom. The lowest BCUT2D eigenvalue weighted by molar-refractivity contribution is -0.135. The predicted octanol–water partition coefficient (Wildman–Crippen LogP) is 1.73. The predicted molar refractivity (Wildman–Crippen MR) is 70.2 cm³/mol. The van der Waals surface area contributed by atoms with Crippen molar-refractivity contribution in [3.05, 3.63) is 35.4 Å². The molecule has 1 amide bonds. The van der Waals surface area contributed by atoms with E-state index in [1.54, 1.807) is 39.0 Å². The first-order valence-corrected chi connectivity index (χ1v) is 5.87. The van der Waals surface area contributed by atoms with Gasteiger partial charge in [-0.2, -0.15) is 0 Å². The summed E-state index contributed by atoms with van der Waals surface area (Å²) in [5.74, 6) is -1.85. The summed E-state index contributed by atoms with van der Waals surface area (Å²) in [6, 6.07) is 6.39. The van der Waals surface area contributed by atoms with E-state index in [-0.39, 0.29) is 11.3 Å². The topological polar surface area (TPSA) is 83.5 Å². The molecule has 102 valence electrons. The van der Waals surface area contributed by atoms with Crippen LogP contribution in [0.1, 0.15) is 41.5 Å². The molecule has 0 aliphatic carbocycles. The second-order valence-corrected chi connectivity index (χ2v) is 5.20. The lowest BCUT2D eigenvalue weighted by atomic mass is 9.84. The summed E-state index contributed by atoms with van der Waals surface area (Å²) in [6.45, 7) is 4.82. The van der Waals surface area contributed by atoms with Gasteiger partial charge in [0.05, 0.1) is 5.56 Å². The van der Waals surface area contributed by atoms with E-state index >= 15 is 0 Å². The number of carboxylic acids is 1. The second kappa shape index (κ2) is 5.65. The summed E-state index contributed by atoms with van der Waals surface area (Å²) < 4.78 is 0. The van der Waals surface area contributed by atoms with Crippen LogP contribution in [0.25, 0.3) is 0 Å². The number of aliphatic carboxylic acids is 1. The van der Waals surface area contributed by atoms with Gasteiger partial charge in [-0.15, -0.1) is 0 Å². The maximum Gasteiger partial charge on any atom is 0.322 e. The molecule has 5 nitrogen and oxygen atoms in total. The molecular weight excluding hydrogens is 246 g/mol. The standard InChI is InChI=1S/C14H17NO4/c1-14(2,3)12(18)9-6-4-5-7-10(9)13(19)15-8-11(16)17/h4-7H,8H2,1-3H3,(H,15,19)(H,16,17). The quantitative estimate of drug-likeness (QED) is 0.810. The third-order valence-corrected chi connectivity index (χ3v) is 2.50. The number of hydrogen-bond donors (Lipinski definition) is 2. The van der Waals surface area contributed by atoms with Gasteiger partial charge in [-0.05, 0) is 6.07 Å². The lowest BCUT2D eigenvalue weighted by Crippen LogP contribution is -2.31. The Morgan fingerprint density at radius 1 is 1.11 bits per heavy atom. The van der Waals surface area contributed by atoms with Gasteiger partial charge >= 0.3 is 5.97 Å². The van der Waals surface area contributed by atoms with Crippen LogP contribution in [0.5, 0.6) is 0 Å². The maximum atomic E-state index is 12.2. The van der Waals surface area contributed by atoms with Crippen molar-refractivity contribution >= 4 is 17.7 Å². The number of Topliss-reactive ketones (excluding diaryl/α,β-unsaturated/α-hetero) is 1. The van der Waals surface area contributed by atoms with E-state index in [1.807, 2.05) is 0 Å². The molecule has 0 atom stereocenters. The van der Waals surface area contributed by atoms with Crippen molar-refractivity contribution in [1.82, 2.24) is 5.32 Å². The van der Waals surface area contributed by atoms with Crippen LogP contribution in [0.3, 0.4) is 0 Å². The smallest absolute Gasteiger partial charge is 0.322 e. The van der Waals surface area contributed by atoms with Crippen molar-refractivity contribution in [2.45, 2.75) is 20.8 Å². The number of hydrogen-bond acceptors (Lipinski definition) is 3. The summed E-state index contributed by atoms with van der Waals surface area (Å²) in [4.78, 5) is 34.5. The zero-order valence-electron chi connectivity index (χ0n) is 11.2. The molecule has 0 bridgehead atoms. The van der Waals surface area contributed by atoms with E-state index in [4.69, 9.17) is 5.11 Å². The second-order valence-electron chi connectivity index (χ2n) is 5.20. The van der Waals surface area contributed by atoms with E-state index in [0.717, 1.165) is 0 Å². The third kappa shape index (κ3) is 3.91. The van der Waals surface area contributed by atoms with Gasteiger partial charge in [-0.25, -0.2) is 0 Å². The molecule has 0 radical (unpaired) electrons. The molecule has 0 aliphatic heterocycles. The van der Waals surface area contributed by atoms with E-state index in [1.165, 1.54) is 6.07 Å². The highest BCUT2D eigenvalue weighted by Crippen LogP contribution is 2.23. The summed E-state index contributed by atoms with van der Waals surface area (Å²) in [5, 5.41) is 10.8. The fourth-order valence-corrected chi connectivity index (χ4v) is 1.53. The van der Waals surface area contributed by atoms with Crippen LogP contribution in [0.2, 0.25) is 0 Å². The van der Waals surface area contributed by atoms with Gasteiger partial charge in [0.25, 0.3) is 5.91 Å². The zero-order valence-corrected chi connectivity index (χ0v) is 11.2. The lowest BCUT2D eigenvalue weighted by Gasteiger charge is -2.18. The monoisotopic (exact) mass is 263 g/mol. The van der Waals surface area contributed by atoms with E-state index in [2.05, 4.69) is 5.32 Å². The summed E-state index contributed by atoms with van der Waals surface area (Å²) in [7, 11) is 0. The molecule has 1 aromatic carbocycles. The normalized spacial score (nSPS) is 10.9. The Morgan fingerprint density at radius 2 is 1.63 bits per heavy atom. The average Bonchev–Trinajstić information content (AvgIpc) is 2.33. The van der Waals surface area contributed by atoms with Gasteiger partial charge in [0.15, 0.2) is 5.78 Å². The SMILES string of the molecule is CC(C)(C)C(=O)c1ccccc1C(=O)NCC(=O)O. The van der Waals surface area contributed by atoms with Crippen molar-refractivity contribution in [1.29, 1.82) is 0 Å². The highest BCUT2D eigenvalue weighted by Gasteiger charge is 2.26. The van der Waals surface area contributed by atoms with Gasteiger partial charge < -0.3 is 10.4 Å². The summed E-state index contributed by atoms with van der Waals surface area (Å²) >= 11 is 0. The summed E-state index contributed by atoms with van der Waals surface area (Å²) in [5.41, 5.74) is -0.107. The first-order chi connectivity index (χ1) is 8.73. The van der Waals surface area contributed by atoms with Crippen LogP contribution >= 0.6 is 0 Å². The van der Waals surface area contributed by atoms with Crippen molar-refractivity contribution in [3.63, 3.8) is 0 Å². The summed E-state index contributed by atoms with van der Waals surface area (Å²) in [6.07, 6.45) is 0. The van der Waals surface area contributed by atoms with Crippen LogP contribution < -0.4 is 5.32 Å². The van der Waals surface area contributed by atoms with Gasteiger partial charge in [0.1, 0.15) is 6.54 Å². The van der Waals surface area contributed by atoms with Crippen LogP contribution in [0.4, 0.5) is 0 Å². The first kappa shape index (κ1) is 14.9. The van der Waals surface area contributed by atoms with Gasteiger partial charge in [0.2, 0.25) is 0 Å². The molecule has 2 N–H and O–H groups in total. The number of ketones is 1. The van der Waals surface area contributed by atoms with Crippen molar-refractivity contribution < 1.29 is 19.5 Å². The molecule has 0 fully saturated rings. The molecule has 1 aromatic rings. The largest absolute Gasteiger partial charge is 0.480 e. The molecule has 0 aromatic heterocycles. The molecule has 0 unspecified atom stereocenters. The Labute approximate surface area is 111 Å². The van der Waals surface area contributed by atoms with Crippen molar-refractivity contribution in [2.24, 2.45) is 5.41 Å². The molecule has 0 saturated heterocycles. The Hall–Kier alpha value is -2.17. The van der Waals surface area contributed by atoms with Crippen LogP contribution in [-0.2, 0) is 4.79 Å². The van der Waals surface area contributed by atoms with Crippen molar-refractivity contribution in [3.8, 4) is 0 Å². The number of rotatable bonds is 4. The molecule has 19 heavy (non-hydrogen) atoms. The molecule has 0 spiro atoms. The number of amides is 1. The van der Waals surface area contributed by atoms with Crippen molar-refractivity contribution in [2.75, 3.05) is 6.54 Å². The highest BCUT2D eigenvalue weighted by molar-refractivity contribution is 6.10. The zero-order chi connectivity index (χ0) is 14.6. The third-order valence-electron chi connectivity index (χ3n) is 2.50. The van der Waals surface area contributed by atoms with Crippen LogP contribution in [0, 0.1) is 5.41 Å². The number of benzene rings is 1. The van der Waals surface area contributed by atoms with E-state index in [9.17, 15) is 14.4 Å². The molecule has 5 heteroatoms. The minimum absolute atomic E-state index is 0.159. The van der Waals surface area contributed by atoms with E-state index in [0.29, 0.717) is 5.56 Å². The molecule has 0 saturated carbocycles. The number of carbonyl (C=O) groups is 3. The molecule has 0 heterocycles. The maximum absolute atomic E-state index is 12.2. The van der Waals surface area contributed by atoms with Crippen LogP contribution in [-0.4, -0.2) is 29.3 Å². The van der Waals surface area contributed by atoms with Gasteiger partial charge in [0, 0.05) is 11.0 Å². The number of carbonyl (C=O) groups excluding carboxylic acids is 2. The first-order valence-electron chi connectivity index (χ1n) is 5.87. The van der Waals surface area contributed by atoms with Gasteiger partial charge in [-0.1, -0.05) is 39.0 Å². The fourth-order valence-electron chi connectivity index (χ4n) is 1.53. The molecule has 0 aliphatic rings. The highest BCUT2D eigenvalue weighted by atomic mass is 16.4. The Balaban J connectivity index is 3.06. The number of nitrogens with one attached hydrogen (secondary N) is 1. The molecular formula is C14H17NO4. The van der Waals surface area contributed by atoms with Crippen LogP contribution in [0.15, 0.2) is 24.3 Å². The van der Waals surface area contributed by atoms with E-state index < -0.39 is 23.8 Å². The van der Waals surface area contributed by atoms with Gasteiger partial charge in [-0.3, -0.25) is 14.4 Å². The number of carboxylic acid groups (broad SMARTS) is 1. The fraction of sp³-hybridized carbons (Fsp3) is 0.357. The Bertz CT molecular complexity index is 514.